The lowest BCUT2D eigenvalue weighted by molar-refractivity contribution is 0.346. The third-order valence-corrected chi connectivity index (χ3v) is 5.31. The van der Waals surface area contributed by atoms with Crippen LogP contribution in [0.5, 0.6) is 0 Å². The van der Waals surface area contributed by atoms with Crippen LogP contribution in [0.3, 0.4) is 0 Å². The second kappa shape index (κ2) is 5.98. The summed E-state index contributed by atoms with van der Waals surface area (Å²) in [5.41, 5.74) is 0. The summed E-state index contributed by atoms with van der Waals surface area (Å²) in [6, 6.07) is 2.12. The summed E-state index contributed by atoms with van der Waals surface area (Å²) < 4.78 is 4.54. The molecule has 2 unspecified atom stereocenters. The smallest absolute Gasteiger partial charge is 0.205 e. The predicted octanol–water partition coefficient (Wildman–Crippen LogP) is 3.16. The predicted molar refractivity (Wildman–Crippen MR) is 84.6 cm³/mol. The van der Waals surface area contributed by atoms with E-state index in [1.165, 1.54) is 32.1 Å². The fourth-order valence-corrected chi connectivity index (χ4v) is 4.44. The average molecular weight is 294 g/mol. The molecule has 2 atom stereocenters. The van der Waals surface area contributed by atoms with Gasteiger partial charge in [-0.1, -0.05) is 20.8 Å². The van der Waals surface area contributed by atoms with Crippen molar-refractivity contribution < 1.29 is 0 Å². The van der Waals surface area contributed by atoms with Crippen molar-refractivity contribution in [2.75, 3.05) is 11.4 Å². The van der Waals surface area contributed by atoms with Gasteiger partial charge in [0.2, 0.25) is 5.13 Å². The van der Waals surface area contributed by atoms with Crippen LogP contribution in [0.2, 0.25) is 0 Å². The van der Waals surface area contributed by atoms with Gasteiger partial charge in [-0.25, -0.2) is 4.98 Å². The van der Waals surface area contributed by atoms with E-state index in [4.69, 9.17) is 4.98 Å². The zero-order valence-corrected chi connectivity index (χ0v) is 13.6. The van der Waals surface area contributed by atoms with Crippen molar-refractivity contribution in [3.05, 3.63) is 5.82 Å². The van der Waals surface area contributed by atoms with Crippen LogP contribution in [-0.2, 0) is 0 Å². The van der Waals surface area contributed by atoms with Gasteiger partial charge >= 0.3 is 0 Å². The van der Waals surface area contributed by atoms with E-state index in [0.29, 0.717) is 12.0 Å². The van der Waals surface area contributed by atoms with Crippen LogP contribution in [0.25, 0.3) is 0 Å². The largest absolute Gasteiger partial charge is 0.344 e. The Bertz CT molecular complexity index is 433. The first-order valence-corrected chi connectivity index (χ1v) is 8.81. The maximum absolute atomic E-state index is 4.79. The van der Waals surface area contributed by atoms with E-state index < -0.39 is 0 Å². The van der Waals surface area contributed by atoms with Crippen LogP contribution >= 0.6 is 11.5 Å². The van der Waals surface area contributed by atoms with Crippen molar-refractivity contribution >= 4 is 16.7 Å². The summed E-state index contributed by atoms with van der Waals surface area (Å²) in [4.78, 5) is 7.32. The van der Waals surface area contributed by atoms with Crippen LogP contribution in [0.1, 0.15) is 64.6 Å². The zero-order valence-electron chi connectivity index (χ0n) is 12.8. The number of fused-ring (bicyclic) bond motifs is 2. The number of hydrogen-bond acceptors (Lipinski definition) is 5. The molecule has 20 heavy (non-hydrogen) atoms. The highest BCUT2D eigenvalue weighted by molar-refractivity contribution is 7.09. The molecule has 0 radical (unpaired) electrons. The van der Waals surface area contributed by atoms with Gasteiger partial charge in [0.05, 0.1) is 0 Å². The van der Waals surface area contributed by atoms with Crippen molar-refractivity contribution in [1.82, 2.24) is 14.7 Å². The van der Waals surface area contributed by atoms with E-state index in [1.807, 2.05) is 0 Å². The second-order valence-electron chi connectivity index (χ2n) is 6.55. The number of aromatic nitrogens is 2. The third kappa shape index (κ3) is 2.84. The molecule has 2 bridgehead atoms. The minimum atomic E-state index is 0.424. The maximum Gasteiger partial charge on any atom is 0.205 e. The molecular weight excluding hydrogens is 268 g/mol. The molecule has 1 N–H and O–H groups in total. The minimum absolute atomic E-state index is 0.424. The summed E-state index contributed by atoms with van der Waals surface area (Å²) in [6.45, 7) is 7.70. The van der Waals surface area contributed by atoms with Crippen molar-refractivity contribution in [1.29, 1.82) is 0 Å². The monoisotopic (exact) mass is 294 g/mol. The number of nitrogens with one attached hydrogen (secondary N) is 1. The van der Waals surface area contributed by atoms with Gasteiger partial charge in [-0.3, -0.25) is 0 Å². The normalized spacial score (nSPS) is 29.1. The van der Waals surface area contributed by atoms with Crippen LogP contribution < -0.4 is 10.2 Å². The van der Waals surface area contributed by atoms with Gasteiger partial charge < -0.3 is 10.2 Å². The second-order valence-corrected chi connectivity index (χ2v) is 7.28. The molecule has 2 aliphatic heterocycles. The van der Waals surface area contributed by atoms with Gasteiger partial charge in [0, 0.05) is 42.1 Å². The summed E-state index contributed by atoms with van der Waals surface area (Å²) in [6.07, 6.45) is 6.43. The van der Waals surface area contributed by atoms with Crippen molar-refractivity contribution in [3.63, 3.8) is 0 Å². The van der Waals surface area contributed by atoms with Crippen LogP contribution in [0, 0.1) is 0 Å². The van der Waals surface area contributed by atoms with E-state index in [2.05, 4.69) is 35.4 Å². The quantitative estimate of drug-likeness (QED) is 0.905. The number of hydrogen-bond donors (Lipinski definition) is 1. The van der Waals surface area contributed by atoms with E-state index in [-0.39, 0.29) is 0 Å². The Balaban J connectivity index is 1.77. The molecule has 112 valence electrons. The van der Waals surface area contributed by atoms with Crippen LogP contribution in [0.15, 0.2) is 0 Å². The molecule has 0 amide bonds. The Morgan fingerprint density at radius 3 is 2.55 bits per heavy atom. The third-order valence-electron chi connectivity index (χ3n) is 4.55. The highest BCUT2D eigenvalue weighted by atomic mass is 32.1. The highest BCUT2D eigenvalue weighted by Gasteiger charge is 2.36. The lowest BCUT2D eigenvalue weighted by atomic mass is 9.98. The number of anilines is 1. The SMILES string of the molecule is CCCN(c1nc(C(C)C)ns1)C1CC2CCC(C1)N2. The van der Waals surface area contributed by atoms with E-state index in [9.17, 15) is 0 Å². The Labute approximate surface area is 126 Å². The molecule has 0 saturated carbocycles. The van der Waals surface area contributed by atoms with E-state index >= 15 is 0 Å². The molecule has 2 saturated heterocycles. The fourth-order valence-electron chi connectivity index (χ4n) is 3.53. The highest BCUT2D eigenvalue weighted by Crippen LogP contribution is 2.33. The van der Waals surface area contributed by atoms with Crippen molar-refractivity contribution in [2.24, 2.45) is 0 Å². The first-order valence-electron chi connectivity index (χ1n) is 8.03. The van der Waals surface area contributed by atoms with E-state index in [1.54, 1.807) is 11.5 Å². The van der Waals surface area contributed by atoms with E-state index in [0.717, 1.165) is 29.6 Å². The molecule has 3 rings (SSSR count). The minimum Gasteiger partial charge on any atom is -0.344 e. The van der Waals surface area contributed by atoms with Gasteiger partial charge in [-0.05, 0) is 32.1 Å². The molecule has 0 aliphatic carbocycles. The lowest BCUT2D eigenvalue weighted by Crippen LogP contribution is -2.48. The standard InChI is InChI=1S/C15H26N4S/c1-4-7-19(15-17-14(10(2)3)18-20-15)13-8-11-5-6-12(9-13)16-11/h10-13,16H,4-9H2,1-3H3. The van der Waals surface area contributed by atoms with Gasteiger partial charge in [0.1, 0.15) is 5.82 Å². The van der Waals surface area contributed by atoms with Crippen LogP contribution in [-0.4, -0.2) is 34.0 Å². The molecule has 4 nitrogen and oxygen atoms in total. The number of piperidine rings is 1. The molecule has 1 aromatic heterocycles. The molecule has 5 heteroatoms. The first kappa shape index (κ1) is 14.3. The topological polar surface area (TPSA) is 41.1 Å². The zero-order chi connectivity index (χ0) is 14.1. The molecule has 1 aromatic rings. The lowest BCUT2D eigenvalue weighted by Gasteiger charge is -2.37. The van der Waals surface area contributed by atoms with Gasteiger partial charge in [0.25, 0.3) is 0 Å². The molecular formula is C15H26N4S. The van der Waals surface area contributed by atoms with Gasteiger partial charge in [-0.15, -0.1) is 0 Å². The number of rotatable bonds is 5. The average Bonchev–Trinajstić information content (AvgIpc) is 3.03. The Morgan fingerprint density at radius 1 is 1.30 bits per heavy atom. The Morgan fingerprint density at radius 2 is 2.00 bits per heavy atom. The van der Waals surface area contributed by atoms with Crippen LogP contribution in [0.4, 0.5) is 5.13 Å². The van der Waals surface area contributed by atoms with Crippen molar-refractivity contribution in [2.45, 2.75) is 76.9 Å². The number of nitrogens with zero attached hydrogens (tertiary/aromatic N) is 3. The molecule has 2 fully saturated rings. The Hall–Kier alpha value is -0.680. The first-order chi connectivity index (χ1) is 9.67. The molecule has 0 spiro atoms. The molecule has 0 aromatic carbocycles. The molecule has 3 heterocycles. The summed E-state index contributed by atoms with van der Waals surface area (Å²) >= 11 is 1.59. The fraction of sp³-hybridized carbons (Fsp3) is 0.867. The summed E-state index contributed by atoms with van der Waals surface area (Å²) in [5.74, 6) is 1.43. The summed E-state index contributed by atoms with van der Waals surface area (Å²) in [7, 11) is 0. The molecule has 2 aliphatic rings. The summed E-state index contributed by atoms with van der Waals surface area (Å²) in [5, 5.41) is 4.87. The van der Waals surface area contributed by atoms with Gasteiger partial charge in [0.15, 0.2) is 0 Å². The Kier molecular flexibility index (Phi) is 4.26. The maximum atomic E-state index is 4.79. The van der Waals surface area contributed by atoms with Crippen molar-refractivity contribution in [3.8, 4) is 0 Å². The van der Waals surface area contributed by atoms with Gasteiger partial charge in [-0.2, -0.15) is 4.37 Å².